The zero-order chi connectivity index (χ0) is 12.2. The van der Waals surface area contributed by atoms with Gasteiger partial charge in [-0.15, -0.1) is 0 Å². The van der Waals surface area contributed by atoms with Crippen LogP contribution in [0.25, 0.3) is 0 Å². The fourth-order valence-corrected chi connectivity index (χ4v) is 2.37. The Morgan fingerprint density at radius 3 is 2.44 bits per heavy atom. The molecule has 1 unspecified atom stereocenters. The first kappa shape index (κ1) is 12.7. The first-order valence-electron chi connectivity index (χ1n) is 4.67. The van der Waals surface area contributed by atoms with E-state index in [-0.39, 0.29) is 0 Å². The highest BCUT2D eigenvalue weighted by molar-refractivity contribution is 7.90. The molecule has 16 heavy (non-hydrogen) atoms. The molecule has 0 aliphatic heterocycles. The van der Waals surface area contributed by atoms with Gasteiger partial charge < -0.3 is 5.11 Å². The van der Waals surface area contributed by atoms with Gasteiger partial charge in [0.05, 0.1) is 0 Å². The second-order valence-corrected chi connectivity index (χ2v) is 5.16. The van der Waals surface area contributed by atoms with Crippen molar-refractivity contribution in [3.63, 3.8) is 0 Å². The molecule has 0 saturated carbocycles. The van der Waals surface area contributed by atoms with E-state index in [1.165, 1.54) is 0 Å². The number of rotatable bonds is 5. The van der Waals surface area contributed by atoms with Crippen molar-refractivity contribution < 1.29 is 18.3 Å². The molecule has 0 aromatic heterocycles. The largest absolute Gasteiger partial charge is 0.480 e. The lowest BCUT2D eigenvalue weighted by molar-refractivity contribution is -0.134. The van der Waals surface area contributed by atoms with E-state index in [9.17, 15) is 13.2 Å². The number of aliphatic carboxylic acids is 1. The topological polar surface area (TPSA) is 83.5 Å². The molecule has 1 aromatic carbocycles. The van der Waals surface area contributed by atoms with Crippen LogP contribution in [-0.4, -0.2) is 25.2 Å². The third kappa shape index (κ3) is 4.00. The summed E-state index contributed by atoms with van der Waals surface area (Å²) >= 11 is 0. The van der Waals surface area contributed by atoms with E-state index in [0.29, 0.717) is 0 Å². The summed E-state index contributed by atoms with van der Waals surface area (Å²) < 4.78 is 25.0. The Hall–Kier alpha value is -1.40. The van der Waals surface area contributed by atoms with Crippen molar-refractivity contribution in [3.8, 4) is 0 Å². The maximum Gasteiger partial charge on any atom is 0.320 e. The number of nitrogens with one attached hydrogen (secondary N) is 1. The lowest BCUT2D eigenvalue weighted by atomic mass is 10.1. The molecule has 0 radical (unpaired) electrons. The first-order chi connectivity index (χ1) is 7.41. The SMILES string of the molecule is CC(NS(=O)(=O)CC(=O)O)c1ccccc1. The van der Waals surface area contributed by atoms with E-state index < -0.39 is 27.8 Å². The van der Waals surface area contributed by atoms with Crippen molar-refractivity contribution in [2.75, 3.05) is 5.75 Å². The molecule has 0 spiro atoms. The first-order valence-corrected chi connectivity index (χ1v) is 6.33. The molecule has 0 saturated heterocycles. The van der Waals surface area contributed by atoms with Crippen LogP contribution in [0.2, 0.25) is 0 Å². The summed E-state index contributed by atoms with van der Waals surface area (Å²) in [5.41, 5.74) is 0.788. The summed E-state index contributed by atoms with van der Waals surface area (Å²) in [6.45, 7) is 1.66. The fourth-order valence-electron chi connectivity index (χ4n) is 1.28. The van der Waals surface area contributed by atoms with Gasteiger partial charge in [-0.25, -0.2) is 13.1 Å². The van der Waals surface area contributed by atoms with Gasteiger partial charge in [-0.2, -0.15) is 0 Å². The van der Waals surface area contributed by atoms with Gasteiger partial charge in [-0.05, 0) is 12.5 Å². The van der Waals surface area contributed by atoms with E-state index in [1.54, 1.807) is 31.2 Å². The summed E-state index contributed by atoms with van der Waals surface area (Å²) in [6.07, 6.45) is 0. The average molecular weight is 243 g/mol. The molecule has 1 rings (SSSR count). The zero-order valence-electron chi connectivity index (χ0n) is 8.75. The second kappa shape index (κ2) is 5.09. The minimum Gasteiger partial charge on any atom is -0.480 e. The monoisotopic (exact) mass is 243 g/mol. The summed E-state index contributed by atoms with van der Waals surface area (Å²) in [6, 6.07) is 8.50. The minimum atomic E-state index is -3.78. The van der Waals surface area contributed by atoms with Gasteiger partial charge in [-0.1, -0.05) is 30.3 Å². The number of carbonyl (C=O) groups is 1. The predicted molar refractivity (Wildman–Crippen MR) is 59.4 cm³/mol. The number of hydrogen-bond donors (Lipinski definition) is 2. The molecule has 0 aliphatic carbocycles. The van der Waals surface area contributed by atoms with Crippen LogP contribution in [0.1, 0.15) is 18.5 Å². The van der Waals surface area contributed by atoms with Crippen molar-refractivity contribution in [2.24, 2.45) is 0 Å². The van der Waals surface area contributed by atoms with Gasteiger partial charge in [0.25, 0.3) is 0 Å². The maximum absolute atomic E-state index is 11.3. The highest BCUT2D eigenvalue weighted by Gasteiger charge is 2.18. The fraction of sp³-hybridized carbons (Fsp3) is 0.300. The normalized spacial score (nSPS) is 13.3. The number of benzene rings is 1. The van der Waals surface area contributed by atoms with Crippen LogP contribution in [-0.2, 0) is 14.8 Å². The molecule has 0 heterocycles. The zero-order valence-corrected chi connectivity index (χ0v) is 9.57. The highest BCUT2D eigenvalue weighted by Crippen LogP contribution is 2.12. The van der Waals surface area contributed by atoms with E-state index >= 15 is 0 Å². The van der Waals surface area contributed by atoms with Gasteiger partial charge in [0, 0.05) is 6.04 Å². The van der Waals surface area contributed by atoms with Crippen molar-refractivity contribution in [3.05, 3.63) is 35.9 Å². The molecule has 88 valence electrons. The van der Waals surface area contributed by atoms with Gasteiger partial charge in [0.15, 0.2) is 5.75 Å². The number of carboxylic acid groups (broad SMARTS) is 1. The molecule has 2 N–H and O–H groups in total. The summed E-state index contributed by atoms with van der Waals surface area (Å²) in [5, 5.41) is 8.41. The molecular weight excluding hydrogens is 230 g/mol. The van der Waals surface area contributed by atoms with Gasteiger partial charge >= 0.3 is 5.97 Å². The van der Waals surface area contributed by atoms with E-state index in [2.05, 4.69) is 4.72 Å². The Labute approximate surface area is 94.2 Å². The number of hydrogen-bond acceptors (Lipinski definition) is 3. The van der Waals surface area contributed by atoms with Crippen molar-refractivity contribution in [1.82, 2.24) is 4.72 Å². The molecule has 1 aromatic rings. The quantitative estimate of drug-likeness (QED) is 0.799. The molecule has 5 nitrogen and oxygen atoms in total. The van der Waals surface area contributed by atoms with Gasteiger partial charge in [-0.3, -0.25) is 4.79 Å². The molecule has 0 aliphatic rings. The molecule has 6 heteroatoms. The van der Waals surface area contributed by atoms with Crippen molar-refractivity contribution >= 4 is 16.0 Å². The van der Waals surface area contributed by atoms with E-state index in [0.717, 1.165) is 5.56 Å². The lowest BCUT2D eigenvalue weighted by Crippen LogP contribution is -2.32. The van der Waals surface area contributed by atoms with Crippen molar-refractivity contribution in [2.45, 2.75) is 13.0 Å². The second-order valence-electron chi connectivity index (χ2n) is 3.40. The summed E-state index contributed by atoms with van der Waals surface area (Å²) in [7, 11) is -3.78. The third-order valence-corrected chi connectivity index (χ3v) is 3.31. The Morgan fingerprint density at radius 1 is 1.38 bits per heavy atom. The van der Waals surface area contributed by atoms with Gasteiger partial charge in [0.2, 0.25) is 10.0 Å². The van der Waals surface area contributed by atoms with Crippen LogP contribution < -0.4 is 4.72 Å². The average Bonchev–Trinajstić information content (AvgIpc) is 2.16. The van der Waals surface area contributed by atoms with Crippen LogP contribution in [0.5, 0.6) is 0 Å². The van der Waals surface area contributed by atoms with Gasteiger partial charge in [0.1, 0.15) is 0 Å². The maximum atomic E-state index is 11.3. The van der Waals surface area contributed by atoms with Crippen LogP contribution >= 0.6 is 0 Å². The smallest absolute Gasteiger partial charge is 0.320 e. The number of sulfonamides is 1. The Bertz CT molecular complexity index is 455. The van der Waals surface area contributed by atoms with E-state index in [4.69, 9.17) is 5.11 Å². The van der Waals surface area contributed by atoms with Crippen LogP contribution in [0.4, 0.5) is 0 Å². The van der Waals surface area contributed by atoms with Crippen LogP contribution in [0.15, 0.2) is 30.3 Å². The van der Waals surface area contributed by atoms with Crippen LogP contribution in [0.3, 0.4) is 0 Å². The van der Waals surface area contributed by atoms with Crippen molar-refractivity contribution in [1.29, 1.82) is 0 Å². The molecular formula is C10H13NO4S. The third-order valence-electron chi connectivity index (χ3n) is 1.97. The molecule has 1 atom stereocenters. The summed E-state index contributed by atoms with van der Waals surface area (Å²) in [5.74, 6) is -2.28. The Kier molecular flexibility index (Phi) is 4.03. The minimum absolute atomic E-state index is 0.439. The Morgan fingerprint density at radius 2 is 1.94 bits per heavy atom. The highest BCUT2D eigenvalue weighted by atomic mass is 32.2. The molecule has 0 amide bonds. The lowest BCUT2D eigenvalue weighted by Gasteiger charge is -2.13. The molecule has 0 bridgehead atoms. The molecule has 0 fully saturated rings. The van der Waals surface area contributed by atoms with Crippen LogP contribution in [0, 0.1) is 0 Å². The predicted octanol–water partition coefficient (Wildman–Crippen LogP) is 0.752. The van der Waals surface area contributed by atoms with E-state index in [1.807, 2.05) is 6.07 Å². The number of carboxylic acids is 1. The Balaban J connectivity index is 2.72. The summed E-state index contributed by atoms with van der Waals surface area (Å²) in [4.78, 5) is 10.3. The standard InChI is InChI=1S/C10H13NO4S/c1-8(9-5-3-2-4-6-9)11-16(14,15)7-10(12)13/h2-6,8,11H,7H2,1H3,(H,12,13).